The van der Waals surface area contributed by atoms with E-state index >= 15 is 0 Å². The SMILES string of the molecule is O=C(O)C[C@@H]1[C@@H](/C=C/[C@@H](O)CCc2ccccc2)[C@H](O)C[C@@H]1O. The lowest BCUT2D eigenvalue weighted by atomic mass is 9.90. The van der Waals surface area contributed by atoms with Gasteiger partial charge in [0.15, 0.2) is 0 Å². The number of carboxylic acids is 1. The van der Waals surface area contributed by atoms with Gasteiger partial charge in [-0.05, 0) is 18.4 Å². The Bertz CT molecular complexity index is 527. The molecule has 2 rings (SSSR count). The molecule has 0 unspecified atom stereocenters. The number of aliphatic carboxylic acids is 1. The molecule has 0 spiro atoms. The van der Waals surface area contributed by atoms with Gasteiger partial charge in [0.1, 0.15) is 0 Å². The van der Waals surface area contributed by atoms with Gasteiger partial charge in [-0.3, -0.25) is 4.79 Å². The zero-order valence-corrected chi connectivity index (χ0v) is 13.0. The topological polar surface area (TPSA) is 98.0 Å². The quantitative estimate of drug-likeness (QED) is 0.569. The molecule has 0 radical (unpaired) electrons. The summed E-state index contributed by atoms with van der Waals surface area (Å²) in [6.45, 7) is 0. The molecule has 4 N–H and O–H groups in total. The summed E-state index contributed by atoms with van der Waals surface area (Å²) >= 11 is 0. The maximum absolute atomic E-state index is 10.9. The Morgan fingerprint density at radius 1 is 1.22 bits per heavy atom. The van der Waals surface area contributed by atoms with Crippen molar-refractivity contribution in [1.82, 2.24) is 0 Å². The predicted molar refractivity (Wildman–Crippen MR) is 85.8 cm³/mol. The van der Waals surface area contributed by atoms with Gasteiger partial charge in [0.2, 0.25) is 0 Å². The number of hydrogen-bond acceptors (Lipinski definition) is 4. The second-order valence-electron chi connectivity index (χ2n) is 6.19. The lowest BCUT2D eigenvalue weighted by Gasteiger charge is -2.19. The first-order valence-electron chi connectivity index (χ1n) is 7.95. The number of rotatable bonds is 7. The average molecular weight is 320 g/mol. The number of benzene rings is 1. The van der Waals surface area contributed by atoms with Crippen LogP contribution in [0.15, 0.2) is 42.5 Å². The number of aryl methyl sites for hydroxylation is 1. The van der Waals surface area contributed by atoms with Crippen LogP contribution in [0.5, 0.6) is 0 Å². The van der Waals surface area contributed by atoms with E-state index in [-0.39, 0.29) is 12.8 Å². The van der Waals surface area contributed by atoms with Crippen LogP contribution in [-0.2, 0) is 11.2 Å². The Labute approximate surface area is 135 Å². The van der Waals surface area contributed by atoms with Crippen LogP contribution in [0.25, 0.3) is 0 Å². The Kier molecular flexibility index (Phi) is 6.33. The van der Waals surface area contributed by atoms with Gasteiger partial charge in [-0.1, -0.05) is 42.5 Å². The largest absolute Gasteiger partial charge is 0.481 e. The summed E-state index contributed by atoms with van der Waals surface area (Å²) in [6.07, 6.45) is 2.28. The summed E-state index contributed by atoms with van der Waals surface area (Å²) in [7, 11) is 0. The van der Waals surface area contributed by atoms with Gasteiger partial charge in [-0.25, -0.2) is 0 Å². The molecule has 126 valence electrons. The van der Waals surface area contributed by atoms with Crippen LogP contribution in [0, 0.1) is 11.8 Å². The smallest absolute Gasteiger partial charge is 0.303 e. The van der Waals surface area contributed by atoms with E-state index in [1.807, 2.05) is 30.3 Å². The van der Waals surface area contributed by atoms with Gasteiger partial charge >= 0.3 is 5.97 Å². The fourth-order valence-corrected chi connectivity index (χ4v) is 3.18. The molecule has 1 aliphatic carbocycles. The summed E-state index contributed by atoms with van der Waals surface area (Å²) < 4.78 is 0. The monoisotopic (exact) mass is 320 g/mol. The Morgan fingerprint density at radius 2 is 1.91 bits per heavy atom. The molecule has 0 amide bonds. The highest BCUT2D eigenvalue weighted by Crippen LogP contribution is 2.36. The number of aliphatic hydroxyl groups is 3. The Hall–Kier alpha value is -1.69. The summed E-state index contributed by atoms with van der Waals surface area (Å²) in [4.78, 5) is 10.9. The molecule has 1 saturated carbocycles. The van der Waals surface area contributed by atoms with Crippen molar-refractivity contribution < 1.29 is 25.2 Å². The second-order valence-corrected chi connectivity index (χ2v) is 6.19. The molecule has 0 aromatic heterocycles. The third-order valence-corrected chi connectivity index (χ3v) is 4.45. The number of aliphatic hydroxyl groups excluding tert-OH is 3. The molecule has 1 aromatic carbocycles. The maximum atomic E-state index is 10.9. The summed E-state index contributed by atoms with van der Waals surface area (Å²) in [5, 5.41) is 38.8. The molecule has 0 saturated heterocycles. The van der Waals surface area contributed by atoms with E-state index < -0.39 is 36.1 Å². The zero-order chi connectivity index (χ0) is 16.8. The molecule has 0 bridgehead atoms. The van der Waals surface area contributed by atoms with E-state index in [9.17, 15) is 20.1 Å². The molecular formula is C18H24O5. The van der Waals surface area contributed by atoms with Crippen molar-refractivity contribution >= 4 is 5.97 Å². The fraction of sp³-hybridized carbons (Fsp3) is 0.500. The van der Waals surface area contributed by atoms with Crippen LogP contribution >= 0.6 is 0 Å². The summed E-state index contributed by atoms with van der Waals surface area (Å²) in [5.41, 5.74) is 1.14. The van der Waals surface area contributed by atoms with Gasteiger partial charge in [-0.15, -0.1) is 0 Å². The summed E-state index contributed by atoms with van der Waals surface area (Å²) in [6, 6.07) is 9.83. The Balaban J connectivity index is 1.90. The fourth-order valence-electron chi connectivity index (χ4n) is 3.18. The van der Waals surface area contributed by atoms with Gasteiger partial charge < -0.3 is 20.4 Å². The number of hydrogen-bond donors (Lipinski definition) is 4. The minimum atomic E-state index is -0.994. The molecule has 5 atom stereocenters. The first kappa shape index (κ1) is 17.7. The third-order valence-electron chi connectivity index (χ3n) is 4.45. The van der Waals surface area contributed by atoms with Crippen LogP contribution in [0.2, 0.25) is 0 Å². The van der Waals surface area contributed by atoms with Crippen LogP contribution in [0.3, 0.4) is 0 Å². The lowest BCUT2D eigenvalue weighted by molar-refractivity contribution is -0.139. The third kappa shape index (κ3) is 5.16. The molecule has 0 aliphatic heterocycles. The van der Waals surface area contributed by atoms with E-state index in [2.05, 4.69) is 0 Å². The van der Waals surface area contributed by atoms with Gasteiger partial charge in [0, 0.05) is 18.3 Å². The first-order valence-corrected chi connectivity index (χ1v) is 7.95. The zero-order valence-electron chi connectivity index (χ0n) is 13.0. The van der Waals surface area contributed by atoms with Crippen LogP contribution in [0.1, 0.15) is 24.8 Å². The highest BCUT2D eigenvalue weighted by Gasteiger charge is 2.41. The maximum Gasteiger partial charge on any atom is 0.303 e. The molecular weight excluding hydrogens is 296 g/mol. The molecule has 1 aromatic rings. The molecule has 5 nitrogen and oxygen atoms in total. The van der Waals surface area contributed by atoms with Crippen molar-refractivity contribution in [2.45, 2.75) is 44.0 Å². The lowest BCUT2D eigenvalue weighted by Crippen LogP contribution is -2.23. The Morgan fingerprint density at radius 3 is 2.57 bits per heavy atom. The van der Waals surface area contributed by atoms with Crippen LogP contribution in [-0.4, -0.2) is 44.7 Å². The minimum absolute atomic E-state index is 0.174. The normalized spacial score (nSPS) is 29.0. The molecule has 23 heavy (non-hydrogen) atoms. The van der Waals surface area contributed by atoms with E-state index in [0.717, 1.165) is 12.0 Å². The number of carboxylic acid groups (broad SMARTS) is 1. The molecule has 5 heteroatoms. The average Bonchev–Trinajstić information content (AvgIpc) is 2.77. The first-order chi connectivity index (χ1) is 11.0. The highest BCUT2D eigenvalue weighted by molar-refractivity contribution is 5.67. The van der Waals surface area contributed by atoms with Crippen molar-refractivity contribution in [3.8, 4) is 0 Å². The van der Waals surface area contributed by atoms with Crippen molar-refractivity contribution in [2.75, 3.05) is 0 Å². The van der Waals surface area contributed by atoms with Crippen LogP contribution < -0.4 is 0 Å². The second kappa shape index (κ2) is 8.24. The minimum Gasteiger partial charge on any atom is -0.481 e. The van der Waals surface area contributed by atoms with E-state index in [4.69, 9.17) is 5.11 Å². The standard InChI is InChI=1S/C18H24O5/c19-13(7-6-12-4-2-1-3-5-12)8-9-14-15(10-18(22)23)17(21)11-16(14)20/h1-5,8-9,13-17,19-21H,6-7,10-11H2,(H,22,23)/b9-8+/t13-,14+,15+,16+,17-/m0/s1. The number of carbonyl (C=O) groups is 1. The molecule has 1 aliphatic rings. The van der Waals surface area contributed by atoms with Gasteiger partial charge in [-0.2, -0.15) is 0 Å². The predicted octanol–water partition coefficient (Wildman–Crippen LogP) is 1.37. The molecule has 0 heterocycles. The highest BCUT2D eigenvalue weighted by atomic mass is 16.4. The summed E-state index contributed by atoms with van der Waals surface area (Å²) in [5.74, 6) is -1.95. The van der Waals surface area contributed by atoms with Crippen LogP contribution in [0.4, 0.5) is 0 Å². The van der Waals surface area contributed by atoms with Crippen molar-refractivity contribution in [3.63, 3.8) is 0 Å². The van der Waals surface area contributed by atoms with Gasteiger partial charge in [0.05, 0.1) is 24.7 Å². The van der Waals surface area contributed by atoms with Crippen molar-refractivity contribution in [3.05, 3.63) is 48.0 Å². The molecule has 1 fully saturated rings. The van der Waals surface area contributed by atoms with Crippen molar-refractivity contribution in [1.29, 1.82) is 0 Å². The van der Waals surface area contributed by atoms with Gasteiger partial charge in [0.25, 0.3) is 0 Å². The van der Waals surface area contributed by atoms with Crippen molar-refractivity contribution in [2.24, 2.45) is 11.8 Å². The van der Waals surface area contributed by atoms with E-state index in [0.29, 0.717) is 6.42 Å². The van der Waals surface area contributed by atoms with E-state index in [1.165, 1.54) is 0 Å². The van der Waals surface area contributed by atoms with E-state index in [1.54, 1.807) is 12.2 Å².